The maximum absolute atomic E-state index is 5.53. The van der Waals surface area contributed by atoms with Gasteiger partial charge >= 0.3 is 21.1 Å². The molecule has 4 heteroatoms. The van der Waals surface area contributed by atoms with E-state index in [9.17, 15) is 0 Å². The van der Waals surface area contributed by atoms with E-state index >= 15 is 0 Å². The second-order valence-corrected chi connectivity index (χ2v) is 16.7. The number of aromatic nitrogens is 3. The van der Waals surface area contributed by atoms with Crippen LogP contribution in [0.1, 0.15) is 103 Å². The van der Waals surface area contributed by atoms with Crippen LogP contribution < -0.4 is 4.98 Å². The van der Waals surface area contributed by atoms with Crippen molar-refractivity contribution in [3.05, 3.63) is 132 Å². The molecular formula is C48H49N3Pt. The fraction of sp³-hybridized carbons (Fsp3) is 0.292. The summed E-state index contributed by atoms with van der Waals surface area (Å²) in [6.07, 6.45) is 3.74. The molecule has 0 unspecified atom stereocenters. The summed E-state index contributed by atoms with van der Waals surface area (Å²) in [5.74, 6) is 0.731. The molecule has 266 valence electrons. The van der Waals surface area contributed by atoms with Crippen LogP contribution in [0.4, 0.5) is 0 Å². The Balaban J connectivity index is 0.00000464. The van der Waals surface area contributed by atoms with Crippen LogP contribution in [0.3, 0.4) is 0 Å². The maximum atomic E-state index is 5.53. The zero-order chi connectivity index (χ0) is 36.2. The molecule has 3 heterocycles. The molecule has 7 aromatic rings. The van der Waals surface area contributed by atoms with Gasteiger partial charge in [0.25, 0.3) is 0 Å². The van der Waals surface area contributed by atoms with E-state index in [1.54, 1.807) is 0 Å². The molecule has 0 saturated carbocycles. The first-order valence-electron chi connectivity index (χ1n) is 18.3. The molecule has 0 radical (unpaired) electrons. The quantitative estimate of drug-likeness (QED) is 0.156. The molecule has 0 spiro atoms. The molecule has 0 aliphatic rings. The van der Waals surface area contributed by atoms with Gasteiger partial charge in [-0.3, -0.25) is 9.97 Å². The molecule has 52 heavy (non-hydrogen) atoms. The average molecular weight is 863 g/mol. The van der Waals surface area contributed by atoms with Gasteiger partial charge in [0.05, 0.1) is 5.69 Å². The van der Waals surface area contributed by atoms with E-state index in [0.29, 0.717) is 11.8 Å². The monoisotopic (exact) mass is 862 g/mol. The van der Waals surface area contributed by atoms with Gasteiger partial charge in [0.15, 0.2) is 0 Å². The first-order chi connectivity index (χ1) is 24.2. The summed E-state index contributed by atoms with van der Waals surface area (Å²) >= 11 is 0. The molecule has 4 aromatic carbocycles. The van der Waals surface area contributed by atoms with Gasteiger partial charge in [-0.05, 0) is 85.0 Å². The van der Waals surface area contributed by atoms with Crippen LogP contribution in [0, 0.1) is 6.07 Å². The molecule has 3 nitrogen and oxygen atoms in total. The smallest absolute Gasteiger partial charge is 0.662 e. The van der Waals surface area contributed by atoms with Gasteiger partial charge in [0.1, 0.15) is 0 Å². The van der Waals surface area contributed by atoms with E-state index in [1.165, 1.54) is 44.2 Å². The van der Waals surface area contributed by atoms with Crippen molar-refractivity contribution in [2.75, 3.05) is 0 Å². The van der Waals surface area contributed by atoms with E-state index < -0.39 is 0 Å². The fourth-order valence-electron chi connectivity index (χ4n) is 7.22. The number of rotatable bonds is 6. The van der Waals surface area contributed by atoms with Gasteiger partial charge in [-0.15, -0.1) is 29.3 Å². The molecule has 0 aliphatic heterocycles. The maximum Gasteiger partial charge on any atom is 2.00 e. The van der Waals surface area contributed by atoms with Crippen molar-refractivity contribution >= 4 is 21.8 Å². The molecular weight excluding hydrogens is 814 g/mol. The number of benzene rings is 4. The predicted octanol–water partition coefficient (Wildman–Crippen LogP) is 13.0. The number of hydrogen-bond acceptors (Lipinski definition) is 2. The molecule has 0 aliphatic carbocycles. The summed E-state index contributed by atoms with van der Waals surface area (Å²) in [5.41, 5.74) is 15.6. The second-order valence-electron chi connectivity index (χ2n) is 16.7. The van der Waals surface area contributed by atoms with Crippen molar-refractivity contribution in [1.82, 2.24) is 15.0 Å². The summed E-state index contributed by atoms with van der Waals surface area (Å²) in [7, 11) is 0. The second kappa shape index (κ2) is 14.2. The summed E-state index contributed by atoms with van der Waals surface area (Å²) in [6, 6.07) is 36.9. The Labute approximate surface area is 324 Å². The normalized spacial score (nSPS) is 12.2. The van der Waals surface area contributed by atoms with Gasteiger partial charge in [0.2, 0.25) is 0 Å². The summed E-state index contributed by atoms with van der Waals surface area (Å²) < 4.78 is 0. The van der Waals surface area contributed by atoms with Gasteiger partial charge in [0, 0.05) is 18.1 Å². The largest absolute Gasteiger partial charge is 2.00 e. The molecule has 0 amide bonds. The zero-order valence-electron chi connectivity index (χ0n) is 32.1. The number of fused-ring (bicyclic) bond motifs is 3. The van der Waals surface area contributed by atoms with Crippen molar-refractivity contribution < 1.29 is 21.1 Å². The van der Waals surface area contributed by atoms with Gasteiger partial charge in [-0.2, -0.15) is 5.52 Å². The van der Waals surface area contributed by atoms with E-state index in [1.807, 2.05) is 24.5 Å². The minimum Gasteiger partial charge on any atom is -0.662 e. The van der Waals surface area contributed by atoms with E-state index in [0.717, 1.165) is 44.7 Å². The number of pyridine rings is 2. The Kier molecular flexibility index (Phi) is 10.3. The molecule has 3 aromatic heterocycles. The summed E-state index contributed by atoms with van der Waals surface area (Å²) in [5, 5.41) is 2.33. The van der Waals surface area contributed by atoms with Crippen molar-refractivity contribution in [2.45, 2.75) is 91.9 Å². The number of hydrogen-bond donors (Lipinski definition) is 0. The molecule has 0 fully saturated rings. The number of nitrogens with zero attached hydrogens (tertiary/aromatic N) is 3. The topological polar surface area (TPSA) is 39.9 Å². The average Bonchev–Trinajstić information content (AvgIpc) is 3.49. The SMILES string of the molecule is CC(C)c1cccc(C(C)C)c1-c1cc(-c2ccccn2)[c-]c(-c2cc(C(C)(C)C)cc3c2[n-]c2c(-c4ccccn4)cc(C(C)(C)C)cc23)c1.[Pt+2]. The van der Waals surface area contributed by atoms with Crippen molar-refractivity contribution in [2.24, 2.45) is 0 Å². The zero-order valence-corrected chi connectivity index (χ0v) is 34.4. The molecule has 0 atom stereocenters. The first-order valence-corrected chi connectivity index (χ1v) is 18.3. The predicted molar refractivity (Wildman–Crippen MR) is 217 cm³/mol. The van der Waals surface area contributed by atoms with E-state index in [4.69, 9.17) is 15.0 Å². The Morgan fingerprint density at radius 3 is 1.56 bits per heavy atom. The van der Waals surface area contributed by atoms with E-state index in [-0.39, 0.29) is 31.9 Å². The fourth-order valence-corrected chi connectivity index (χ4v) is 7.22. The van der Waals surface area contributed by atoms with Crippen LogP contribution in [0.25, 0.3) is 66.6 Å². The van der Waals surface area contributed by atoms with Crippen LogP contribution in [-0.2, 0) is 31.9 Å². The van der Waals surface area contributed by atoms with Crippen LogP contribution >= 0.6 is 0 Å². The Morgan fingerprint density at radius 2 is 1.06 bits per heavy atom. The first kappa shape index (κ1) is 37.4. The van der Waals surface area contributed by atoms with Crippen molar-refractivity contribution in [3.63, 3.8) is 0 Å². The van der Waals surface area contributed by atoms with Crippen LogP contribution in [0.5, 0.6) is 0 Å². The van der Waals surface area contributed by atoms with Gasteiger partial charge < -0.3 is 4.98 Å². The Hall–Kier alpha value is -4.33. The van der Waals surface area contributed by atoms with Gasteiger partial charge in [-0.25, -0.2) is 0 Å². The van der Waals surface area contributed by atoms with Crippen LogP contribution in [0.2, 0.25) is 0 Å². The Morgan fingerprint density at radius 1 is 0.558 bits per heavy atom. The molecule has 0 saturated heterocycles. The summed E-state index contributed by atoms with van der Waals surface area (Å²) in [6.45, 7) is 22.9. The van der Waals surface area contributed by atoms with Crippen molar-refractivity contribution in [1.29, 1.82) is 0 Å². The molecule has 7 rings (SSSR count). The minimum absolute atomic E-state index is 0. The minimum atomic E-state index is -0.0888. The third-order valence-electron chi connectivity index (χ3n) is 10.2. The Bertz CT molecular complexity index is 2340. The molecule has 0 bridgehead atoms. The molecule has 0 N–H and O–H groups in total. The van der Waals surface area contributed by atoms with Crippen LogP contribution in [0.15, 0.2) is 103 Å². The van der Waals surface area contributed by atoms with Crippen molar-refractivity contribution in [3.8, 4) is 44.8 Å². The van der Waals surface area contributed by atoms with Crippen LogP contribution in [-0.4, -0.2) is 9.97 Å². The standard InChI is InChI=1S/C48H49N3.Pt/c1-29(2)36-16-15-17-37(30(3)4)44(36)33-23-31(22-32(24-33)42-18-11-13-20-49-42)38-25-34(47(5,6)7)26-39-40-27-35(48(8,9)10)28-41(46(40)51-45(38)39)43-19-12-14-21-50-43;/h11-21,23-30H,1-10H3;/q-2;+2. The van der Waals surface area contributed by atoms with E-state index in [2.05, 4.69) is 154 Å². The van der Waals surface area contributed by atoms with Gasteiger partial charge in [-0.1, -0.05) is 147 Å². The third kappa shape index (κ3) is 7.05. The third-order valence-corrected chi connectivity index (χ3v) is 10.2. The summed E-state index contributed by atoms with van der Waals surface area (Å²) in [4.78, 5) is 15.2.